The molecule has 1 aliphatic heterocycles. The molecule has 0 saturated carbocycles. The molecule has 1 aromatic carbocycles. The van der Waals surface area contributed by atoms with E-state index in [2.05, 4.69) is 42.7 Å². The molecule has 0 spiro atoms. The average molecular weight is 530 g/mol. The summed E-state index contributed by atoms with van der Waals surface area (Å²) < 4.78 is 0. The molecule has 6 nitrogen and oxygen atoms in total. The number of guanidine groups is 1. The standard InChI is InChI=1S/C23H38N4O2.HI/c1-4-12-23(29,13-5-2)18-26-22(24-6-3)25-16-19-9-7-10-20(15-19)17-27-14-8-11-21(27)28;/h7,9-10,15,29H,4-6,8,11-14,16-18H2,1-3H3,(H2,24,25,26);1H. The second kappa shape index (κ2) is 13.9. The fourth-order valence-corrected chi connectivity index (χ4v) is 3.91. The van der Waals surface area contributed by atoms with E-state index in [1.54, 1.807) is 0 Å². The second-order valence-corrected chi connectivity index (χ2v) is 8.01. The van der Waals surface area contributed by atoms with Crippen molar-refractivity contribution in [1.82, 2.24) is 15.5 Å². The molecule has 3 N–H and O–H groups in total. The van der Waals surface area contributed by atoms with Gasteiger partial charge in [-0.2, -0.15) is 0 Å². The number of aliphatic hydroxyl groups is 1. The van der Waals surface area contributed by atoms with Gasteiger partial charge in [-0.25, -0.2) is 4.99 Å². The third-order valence-electron chi connectivity index (χ3n) is 5.32. The minimum absolute atomic E-state index is 0. The normalized spacial score (nSPS) is 14.6. The van der Waals surface area contributed by atoms with Gasteiger partial charge in [-0.1, -0.05) is 51.0 Å². The minimum atomic E-state index is -0.693. The molecule has 1 saturated heterocycles. The van der Waals surface area contributed by atoms with Crippen LogP contribution in [0, 0.1) is 0 Å². The van der Waals surface area contributed by atoms with E-state index in [0.717, 1.165) is 62.3 Å². The molecule has 1 fully saturated rings. The van der Waals surface area contributed by atoms with Gasteiger partial charge in [0, 0.05) is 32.6 Å². The van der Waals surface area contributed by atoms with Crippen molar-refractivity contribution in [3.8, 4) is 0 Å². The van der Waals surface area contributed by atoms with Crippen molar-refractivity contribution >= 4 is 35.8 Å². The van der Waals surface area contributed by atoms with E-state index >= 15 is 0 Å². The molecule has 1 amide bonds. The number of nitrogens with one attached hydrogen (secondary N) is 2. The highest BCUT2D eigenvalue weighted by molar-refractivity contribution is 14.0. The lowest BCUT2D eigenvalue weighted by Crippen LogP contribution is -2.47. The van der Waals surface area contributed by atoms with Crippen LogP contribution >= 0.6 is 24.0 Å². The molecule has 1 aromatic rings. The Morgan fingerprint density at radius 2 is 1.87 bits per heavy atom. The number of hydrogen-bond donors (Lipinski definition) is 3. The highest BCUT2D eigenvalue weighted by atomic mass is 127. The summed E-state index contributed by atoms with van der Waals surface area (Å²) >= 11 is 0. The van der Waals surface area contributed by atoms with Gasteiger partial charge in [-0.05, 0) is 37.3 Å². The van der Waals surface area contributed by atoms with Gasteiger partial charge in [0.1, 0.15) is 0 Å². The van der Waals surface area contributed by atoms with Gasteiger partial charge in [0.25, 0.3) is 0 Å². The maximum absolute atomic E-state index is 11.9. The van der Waals surface area contributed by atoms with E-state index in [1.165, 1.54) is 0 Å². The first-order valence-corrected chi connectivity index (χ1v) is 11.1. The molecular weight excluding hydrogens is 491 g/mol. The predicted molar refractivity (Wildman–Crippen MR) is 134 cm³/mol. The van der Waals surface area contributed by atoms with Crippen LogP contribution in [0.2, 0.25) is 0 Å². The molecule has 0 aromatic heterocycles. The number of halogens is 1. The Morgan fingerprint density at radius 3 is 2.47 bits per heavy atom. The van der Waals surface area contributed by atoms with Gasteiger partial charge in [-0.15, -0.1) is 24.0 Å². The quantitative estimate of drug-likeness (QED) is 0.231. The molecule has 0 radical (unpaired) electrons. The molecule has 0 unspecified atom stereocenters. The van der Waals surface area contributed by atoms with Crippen LogP contribution in [0.3, 0.4) is 0 Å². The Labute approximate surface area is 198 Å². The van der Waals surface area contributed by atoms with Crippen molar-refractivity contribution in [3.05, 3.63) is 35.4 Å². The van der Waals surface area contributed by atoms with Crippen LogP contribution in [0.4, 0.5) is 0 Å². The molecule has 0 aliphatic carbocycles. The zero-order valence-electron chi connectivity index (χ0n) is 18.7. The summed E-state index contributed by atoms with van der Waals surface area (Å²) in [4.78, 5) is 18.5. The highest BCUT2D eigenvalue weighted by Crippen LogP contribution is 2.18. The van der Waals surface area contributed by atoms with Crippen LogP contribution < -0.4 is 10.6 Å². The lowest BCUT2D eigenvalue weighted by Gasteiger charge is -2.28. The zero-order valence-corrected chi connectivity index (χ0v) is 21.1. The van der Waals surface area contributed by atoms with Crippen molar-refractivity contribution in [2.75, 3.05) is 19.6 Å². The first kappa shape index (κ1) is 26.7. The SMILES string of the molecule is CCCC(O)(CCC)CNC(=NCc1cccc(CN2CCCC2=O)c1)NCC.I. The number of aliphatic imine (C=N–C) groups is 1. The van der Waals surface area contributed by atoms with Crippen molar-refractivity contribution in [3.63, 3.8) is 0 Å². The van der Waals surface area contributed by atoms with Crippen LogP contribution in [0.1, 0.15) is 70.4 Å². The largest absolute Gasteiger partial charge is 0.388 e. The number of amides is 1. The monoisotopic (exact) mass is 530 g/mol. The lowest BCUT2D eigenvalue weighted by molar-refractivity contribution is -0.128. The van der Waals surface area contributed by atoms with Crippen LogP contribution in [0.5, 0.6) is 0 Å². The summed E-state index contributed by atoms with van der Waals surface area (Å²) in [5.74, 6) is 0.969. The van der Waals surface area contributed by atoms with E-state index < -0.39 is 5.60 Å². The molecular formula is C23H39IN4O2. The molecule has 0 bridgehead atoms. The first-order valence-electron chi connectivity index (χ1n) is 11.1. The highest BCUT2D eigenvalue weighted by Gasteiger charge is 2.25. The zero-order chi connectivity index (χ0) is 21.1. The molecule has 2 rings (SSSR count). The number of hydrogen-bond acceptors (Lipinski definition) is 3. The topological polar surface area (TPSA) is 77.0 Å². The Balaban J connectivity index is 0.00000450. The summed E-state index contributed by atoms with van der Waals surface area (Å²) in [6.45, 7) is 9.59. The van der Waals surface area contributed by atoms with Crippen LogP contribution in [-0.2, 0) is 17.9 Å². The van der Waals surface area contributed by atoms with Gasteiger partial charge in [-0.3, -0.25) is 4.79 Å². The fraction of sp³-hybridized carbons (Fsp3) is 0.652. The van der Waals surface area contributed by atoms with E-state index in [-0.39, 0.29) is 29.9 Å². The molecule has 1 heterocycles. The molecule has 170 valence electrons. The number of likely N-dealkylation sites (tertiary alicyclic amines) is 1. The lowest BCUT2D eigenvalue weighted by atomic mass is 9.93. The predicted octanol–water partition coefficient (Wildman–Crippen LogP) is 3.81. The number of nitrogens with zero attached hydrogens (tertiary/aromatic N) is 2. The van der Waals surface area contributed by atoms with Gasteiger partial charge in [0.15, 0.2) is 5.96 Å². The third kappa shape index (κ3) is 8.79. The summed E-state index contributed by atoms with van der Waals surface area (Å²) in [5, 5.41) is 17.4. The average Bonchev–Trinajstić information content (AvgIpc) is 3.09. The smallest absolute Gasteiger partial charge is 0.222 e. The Hall–Kier alpha value is -1.35. The Bertz CT molecular complexity index is 675. The number of benzene rings is 1. The third-order valence-corrected chi connectivity index (χ3v) is 5.32. The van der Waals surface area contributed by atoms with Crippen LogP contribution in [-0.4, -0.2) is 47.1 Å². The number of carbonyl (C=O) groups is 1. The Morgan fingerprint density at radius 1 is 1.17 bits per heavy atom. The summed E-state index contributed by atoms with van der Waals surface area (Å²) in [6, 6.07) is 8.29. The van der Waals surface area contributed by atoms with Gasteiger partial charge < -0.3 is 20.6 Å². The number of rotatable bonds is 11. The Kier molecular flexibility index (Phi) is 12.3. The van der Waals surface area contributed by atoms with Crippen molar-refractivity contribution < 1.29 is 9.90 Å². The molecule has 30 heavy (non-hydrogen) atoms. The van der Waals surface area contributed by atoms with Gasteiger partial charge in [0.05, 0.1) is 12.1 Å². The van der Waals surface area contributed by atoms with Crippen LogP contribution in [0.15, 0.2) is 29.3 Å². The van der Waals surface area contributed by atoms with Gasteiger partial charge in [0.2, 0.25) is 5.91 Å². The van der Waals surface area contributed by atoms with E-state index in [4.69, 9.17) is 4.99 Å². The van der Waals surface area contributed by atoms with E-state index in [1.807, 2.05) is 17.9 Å². The first-order chi connectivity index (χ1) is 14.0. The maximum atomic E-state index is 11.9. The second-order valence-electron chi connectivity index (χ2n) is 8.01. The van der Waals surface area contributed by atoms with Crippen LogP contribution in [0.25, 0.3) is 0 Å². The number of carbonyl (C=O) groups excluding carboxylic acids is 1. The maximum Gasteiger partial charge on any atom is 0.222 e. The summed E-state index contributed by atoms with van der Waals surface area (Å²) in [7, 11) is 0. The van der Waals surface area contributed by atoms with E-state index in [9.17, 15) is 9.90 Å². The van der Waals surface area contributed by atoms with Crippen molar-refractivity contribution in [1.29, 1.82) is 0 Å². The van der Waals surface area contributed by atoms with E-state index in [0.29, 0.717) is 26.1 Å². The molecule has 0 atom stereocenters. The summed E-state index contributed by atoms with van der Waals surface area (Å²) in [6.07, 6.45) is 5.11. The van der Waals surface area contributed by atoms with Gasteiger partial charge >= 0.3 is 0 Å². The molecule has 1 aliphatic rings. The van der Waals surface area contributed by atoms with Crippen molar-refractivity contribution in [2.45, 2.75) is 78.0 Å². The summed E-state index contributed by atoms with van der Waals surface area (Å²) in [5.41, 5.74) is 1.57. The molecule has 7 heteroatoms. The van der Waals surface area contributed by atoms with Crippen molar-refractivity contribution in [2.24, 2.45) is 4.99 Å². The minimum Gasteiger partial charge on any atom is -0.388 e. The fourth-order valence-electron chi connectivity index (χ4n) is 3.91.